The maximum absolute atomic E-state index is 13.4. The number of carbonyl (C=O) groups excluding carboxylic acids is 1. The van der Waals surface area contributed by atoms with Gasteiger partial charge in [0.2, 0.25) is 5.91 Å². The SMILES string of the molecule is O=C(Nc1ccc(F)c(F)c1)C1CCCN(c2nc3ccc(F)cc3s2)C1. The molecule has 1 atom stereocenters. The molecule has 4 rings (SSSR count). The van der Waals surface area contributed by atoms with Crippen LogP contribution in [-0.2, 0) is 4.79 Å². The molecule has 2 heterocycles. The molecular formula is C19H16F3N3OS. The largest absolute Gasteiger partial charge is 0.347 e. The van der Waals surface area contributed by atoms with Crippen LogP contribution in [0, 0.1) is 23.4 Å². The molecule has 8 heteroatoms. The van der Waals surface area contributed by atoms with Crippen LogP contribution in [0.25, 0.3) is 10.2 Å². The van der Waals surface area contributed by atoms with Crippen molar-refractivity contribution in [3.63, 3.8) is 0 Å². The molecule has 1 aliphatic heterocycles. The van der Waals surface area contributed by atoms with E-state index >= 15 is 0 Å². The smallest absolute Gasteiger partial charge is 0.229 e. The van der Waals surface area contributed by atoms with E-state index in [1.807, 2.05) is 4.90 Å². The fraction of sp³-hybridized carbons (Fsp3) is 0.263. The van der Waals surface area contributed by atoms with Crippen molar-refractivity contribution in [2.24, 2.45) is 5.92 Å². The van der Waals surface area contributed by atoms with Gasteiger partial charge in [-0.2, -0.15) is 0 Å². The zero-order valence-electron chi connectivity index (χ0n) is 14.2. The molecule has 1 fully saturated rings. The van der Waals surface area contributed by atoms with E-state index in [2.05, 4.69) is 10.3 Å². The molecule has 140 valence electrons. The second-order valence-electron chi connectivity index (χ2n) is 6.51. The third kappa shape index (κ3) is 3.75. The van der Waals surface area contributed by atoms with Gasteiger partial charge in [0.15, 0.2) is 16.8 Å². The molecule has 1 aromatic heterocycles. The van der Waals surface area contributed by atoms with E-state index in [-0.39, 0.29) is 23.3 Å². The Morgan fingerprint density at radius 2 is 2.00 bits per heavy atom. The molecule has 0 aliphatic carbocycles. The van der Waals surface area contributed by atoms with Crippen molar-refractivity contribution in [3.8, 4) is 0 Å². The predicted molar refractivity (Wildman–Crippen MR) is 99.5 cm³/mol. The van der Waals surface area contributed by atoms with Gasteiger partial charge in [-0.1, -0.05) is 11.3 Å². The molecule has 4 nitrogen and oxygen atoms in total. The van der Waals surface area contributed by atoms with E-state index in [4.69, 9.17) is 0 Å². The minimum Gasteiger partial charge on any atom is -0.347 e. The van der Waals surface area contributed by atoms with E-state index in [1.165, 1.54) is 29.5 Å². The van der Waals surface area contributed by atoms with Crippen LogP contribution in [0.1, 0.15) is 12.8 Å². The molecule has 0 bridgehead atoms. The fourth-order valence-electron chi connectivity index (χ4n) is 3.20. The minimum atomic E-state index is -1.00. The number of halogens is 3. The van der Waals surface area contributed by atoms with Gasteiger partial charge in [0.1, 0.15) is 5.82 Å². The number of benzene rings is 2. The van der Waals surface area contributed by atoms with Crippen molar-refractivity contribution < 1.29 is 18.0 Å². The highest BCUT2D eigenvalue weighted by Gasteiger charge is 2.27. The number of hydrogen-bond donors (Lipinski definition) is 1. The number of piperidine rings is 1. The van der Waals surface area contributed by atoms with Crippen LogP contribution >= 0.6 is 11.3 Å². The average Bonchev–Trinajstić information content (AvgIpc) is 3.08. The lowest BCUT2D eigenvalue weighted by molar-refractivity contribution is -0.120. The van der Waals surface area contributed by atoms with Crippen LogP contribution in [0.15, 0.2) is 36.4 Å². The average molecular weight is 391 g/mol. The van der Waals surface area contributed by atoms with Gasteiger partial charge in [0.25, 0.3) is 0 Å². The van der Waals surface area contributed by atoms with E-state index in [0.717, 1.165) is 40.4 Å². The number of anilines is 2. The first kappa shape index (κ1) is 17.8. The van der Waals surface area contributed by atoms with Gasteiger partial charge in [-0.3, -0.25) is 4.79 Å². The zero-order valence-corrected chi connectivity index (χ0v) is 15.0. The number of amides is 1. The summed E-state index contributed by atoms with van der Waals surface area (Å²) in [5.41, 5.74) is 0.955. The molecule has 3 aromatic rings. The summed E-state index contributed by atoms with van der Waals surface area (Å²) >= 11 is 1.39. The van der Waals surface area contributed by atoms with Crippen molar-refractivity contribution in [3.05, 3.63) is 53.8 Å². The first-order valence-corrected chi connectivity index (χ1v) is 9.38. The number of hydrogen-bond acceptors (Lipinski definition) is 4. The van der Waals surface area contributed by atoms with Gasteiger partial charge in [-0.05, 0) is 43.2 Å². The Bertz CT molecular complexity index is 1010. The van der Waals surface area contributed by atoms with Crippen LogP contribution < -0.4 is 10.2 Å². The van der Waals surface area contributed by atoms with Crippen molar-refractivity contribution >= 4 is 38.3 Å². The number of nitrogens with zero attached hydrogens (tertiary/aromatic N) is 2. The molecule has 2 aromatic carbocycles. The Balaban J connectivity index is 1.48. The minimum absolute atomic E-state index is 0.228. The van der Waals surface area contributed by atoms with Crippen LogP contribution in [0.2, 0.25) is 0 Å². The summed E-state index contributed by atoms with van der Waals surface area (Å²) in [6.07, 6.45) is 1.51. The second-order valence-corrected chi connectivity index (χ2v) is 7.52. The second kappa shape index (κ2) is 7.19. The fourth-order valence-corrected chi connectivity index (χ4v) is 4.23. The Kier molecular flexibility index (Phi) is 4.73. The number of rotatable bonds is 3. The van der Waals surface area contributed by atoms with E-state index in [0.29, 0.717) is 13.0 Å². The van der Waals surface area contributed by atoms with Crippen molar-refractivity contribution in [1.29, 1.82) is 0 Å². The van der Waals surface area contributed by atoms with Gasteiger partial charge in [-0.15, -0.1) is 0 Å². The lowest BCUT2D eigenvalue weighted by Gasteiger charge is -2.31. The predicted octanol–water partition coefficient (Wildman–Crippen LogP) is 4.57. The Morgan fingerprint density at radius 1 is 1.15 bits per heavy atom. The summed E-state index contributed by atoms with van der Waals surface area (Å²) in [6.45, 7) is 1.23. The number of nitrogens with one attached hydrogen (secondary N) is 1. The third-order valence-electron chi connectivity index (χ3n) is 4.59. The normalized spacial score (nSPS) is 17.3. The first-order chi connectivity index (χ1) is 13.0. The molecule has 1 aliphatic rings. The molecule has 1 unspecified atom stereocenters. The molecule has 1 amide bonds. The van der Waals surface area contributed by atoms with Gasteiger partial charge < -0.3 is 10.2 Å². The number of fused-ring (bicyclic) bond motifs is 1. The van der Waals surface area contributed by atoms with Crippen LogP contribution in [0.4, 0.5) is 24.0 Å². The topological polar surface area (TPSA) is 45.2 Å². The molecule has 1 N–H and O–H groups in total. The number of thiazole rings is 1. The van der Waals surface area contributed by atoms with Crippen LogP contribution in [-0.4, -0.2) is 24.0 Å². The van der Waals surface area contributed by atoms with E-state index in [1.54, 1.807) is 6.07 Å². The highest BCUT2D eigenvalue weighted by atomic mass is 32.1. The van der Waals surface area contributed by atoms with Gasteiger partial charge in [0.05, 0.1) is 16.1 Å². The number of carbonyl (C=O) groups is 1. The summed E-state index contributed by atoms with van der Waals surface area (Å²) < 4.78 is 40.5. The quantitative estimate of drug-likeness (QED) is 0.712. The van der Waals surface area contributed by atoms with Crippen molar-refractivity contribution in [1.82, 2.24) is 4.98 Å². The summed E-state index contributed by atoms with van der Waals surface area (Å²) in [7, 11) is 0. The standard InChI is InChI=1S/C19H16F3N3OS/c20-12-3-6-16-17(8-12)27-19(24-16)25-7-1-2-11(10-25)18(26)23-13-4-5-14(21)15(22)9-13/h3-6,8-9,11H,1-2,7,10H2,(H,23,26). The van der Waals surface area contributed by atoms with Crippen molar-refractivity contribution in [2.45, 2.75) is 12.8 Å². The monoisotopic (exact) mass is 391 g/mol. The highest BCUT2D eigenvalue weighted by Crippen LogP contribution is 2.32. The molecule has 0 spiro atoms. The van der Waals surface area contributed by atoms with Crippen LogP contribution in [0.3, 0.4) is 0 Å². The van der Waals surface area contributed by atoms with Gasteiger partial charge in [0, 0.05) is 24.8 Å². The number of aromatic nitrogens is 1. The lowest BCUT2D eigenvalue weighted by atomic mass is 9.97. The zero-order chi connectivity index (χ0) is 19.0. The van der Waals surface area contributed by atoms with Gasteiger partial charge in [-0.25, -0.2) is 18.2 Å². The van der Waals surface area contributed by atoms with Crippen LogP contribution in [0.5, 0.6) is 0 Å². The van der Waals surface area contributed by atoms with E-state index in [9.17, 15) is 18.0 Å². The molecule has 27 heavy (non-hydrogen) atoms. The summed E-state index contributed by atoms with van der Waals surface area (Å²) in [5, 5.41) is 3.40. The molecule has 0 radical (unpaired) electrons. The maximum Gasteiger partial charge on any atom is 0.229 e. The highest BCUT2D eigenvalue weighted by molar-refractivity contribution is 7.22. The molecular weight excluding hydrogens is 375 g/mol. The summed E-state index contributed by atoms with van der Waals surface area (Å²) in [6, 6.07) is 7.75. The Hall–Kier alpha value is -2.61. The molecule has 1 saturated heterocycles. The molecule has 0 saturated carbocycles. The lowest BCUT2D eigenvalue weighted by Crippen LogP contribution is -2.40. The van der Waals surface area contributed by atoms with Gasteiger partial charge >= 0.3 is 0 Å². The van der Waals surface area contributed by atoms with E-state index < -0.39 is 11.6 Å². The first-order valence-electron chi connectivity index (χ1n) is 8.56. The maximum atomic E-state index is 13.4. The Morgan fingerprint density at radius 3 is 2.81 bits per heavy atom. The van der Waals surface area contributed by atoms with Crippen molar-refractivity contribution in [2.75, 3.05) is 23.3 Å². The summed E-state index contributed by atoms with van der Waals surface area (Å²) in [5.74, 6) is -2.79. The summed E-state index contributed by atoms with van der Waals surface area (Å²) in [4.78, 5) is 19.1. The third-order valence-corrected chi connectivity index (χ3v) is 5.67. The Labute approximate surface area is 157 Å².